The monoisotopic (exact) mass is 183 g/mol. The minimum absolute atomic E-state index is 0.151. The van der Waals surface area contributed by atoms with Crippen LogP contribution < -0.4 is 5.48 Å². The van der Waals surface area contributed by atoms with Crippen LogP contribution in [0.5, 0.6) is 0 Å². The van der Waals surface area contributed by atoms with Gasteiger partial charge in [-0.15, -0.1) is 0 Å². The average Bonchev–Trinajstić information content (AvgIpc) is 2.50. The number of hydroxylamine groups is 1. The van der Waals surface area contributed by atoms with E-state index in [-0.39, 0.29) is 11.6 Å². The molecule has 0 saturated carbocycles. The van der Waals surface area contributed by atoms with Crippen LogP contribution in [0.4, 0.5) is 0 Å². The summed E-state index contributed by atoms with van der Waals surface area (Å²) in [6.45, 7) is 8.03. The van der Waals surface area contributed by atoms with Gasteiger partial charge in [0.1, 0.15) is 0 Å². The van der Waals surface area contributed by atoms with Crippen LogP contribution in [0.1, 0.15) is 39.3 Å². The van der Waals surface area contributed by atoms with Crippen molar-refractivity contribution < 1.29 is 9.25 Å². The molecule has 1 heterocycles. The first-order valence-electron chi connectivity index (χ1n) is 4.45. The van der Waals surface area contributed by atoms with E-state index in [9.17, 15) is 0 Å². The molecular weight excluding hydrogens is 166 g/mol. The van der Waals surface area contributed by atoms with Crippen LogP contribution >= 0.6 is 0 Å². The average molecular weight is 183 g/mol. The molecule has 0 spiro atoms. The minimum Gasteiger partial charge on any atom is -0.472 e. The summed E-state index contributed by atoms with van der Waals surface area (Å²) in [5.74, 6) is 0. The molecule has 1 aromatic heterocycles. The normalized spacial score (nSPS) is 14.5. The van der Waals surface area contributed by atoms with E-state index >= 15 is 0 Å². The van der Waals surface area contributed by atoms with Crippen molar-refractivity contribution in [1.82, 2.24) is 5.48 Å². The van der Waals surface area contributed by atoms with E-state index in [1.807, 2.05) is 33.8 Å². The Morgan fingerprint density at radius 3 is 2.62 bits per heavy atom. The zero-order chi connectivity index (χ0) is 9.90. The Hall–Kier alpha value is -0.800. The molecule has 0 radical (unpaired) electrons. The van der Waals surface area contributed by atoms with Gasteiger partial charge in [-0.3, -0.25) is 4.84 Å². The van der Waals surface area contributed by atoms with E-state index in [2.05, 4.69) is 5.48 Å². The van der Waals surface area contributed by atoms with E-state index in [1.54, 1.807) is 12.5 Å². The molecule has 13 heavy (non-hydrogen) atoms. The fraction of sp³-hybridized carbons (Fsp3) is 0.600. The van der Waals surface area contributed by atoms with Crippen LogP contribution in [0.25, 0.3) is 0 Å². The third-order valence-corrected chi connectivity index (χ3v) is 1.59. The summed E-state index contributed by atoms with van der Waals surface area (Å²) in [6, 6.07) is 2.07. The third-order valence-electron chi connectivity index (χ3n) is 1.59. The van der Waals surface area contributed by atoms with Gasteiger partial charge in [-0.1, -0.05) is 0 Å². The fourth-order valence-corrected chi connectivity index (χ4v) is 0.855. The third kappa shape index (κ3) is 3.61. The zero-order valence-electron chi connectivity index (χ0n) is 8.63. The Labute approximate surface area is 79.0 Å². The fourth-order valence-electron chi connectivity index (χ4n) is 0.855. The first kappa shape index (κ1) is 10.3. The van der Waals surface area contributed by atoms with Crippen LogP contribution in [0, 0.1) is 0 Å². The smallest absolute Gasteiger partial charge is 0.0951 e. The van der Waals surface area contributed by atoms with Gasteiger partial charge in [0, 0.05) is 5.56 Å². The molecule has 1 unspecified atom stereocenters. The molecule has 0 aliphatic rings. The summed E-state index contributed by atoms with van der Waals surface area (Å²) in [4.78, 5) is 5.42. The quantitative estimate of drug-likeness (QED) is 0.731. The molecule has 0 aliphatic carbocycles. The molecule has 1 aromatic rings. The van der Waals surface area contributed by atoms with Gasteiger partial charge in [0.05, 0.1) is 24.2 Å². The molecule has 0 fully saturated rings. The maximum Gasteiger partial charge on any atom is 0.0951 e. The van der Waals surface area contributed by atoms with E-state index in [0.717, 1.165) is 5.56 Å². The zero-order valence-corrected chi connectivity index (χ0v) is 8.63. The number of nitrogens with one attached hydrogen (secondary N) is 1. The molecule has 0 aliphatic heterocycles. The molecule has 1 N–H and O–H groups in total. The number of hydrogen-bond acceptors (Lipinski definition) is 3. The van der Waals surface area contributed by atoms with Gasteiger partial charge in [-0.25, -0.2) is 0 Å². The summed E-state index contributed by atoms with van der Waals surface area (Å²) < 4.78 is 4.97. The maximum absolute atomic E-state index is 5.42. The molecular formula is C10H17NO2. The lowest BCUT2D eigenvalue weighted by Crippen LogP contribution is -2.30. The van der Waals surface area contributed by atoms with Gasteiger partial charge in [0.15, 0.2) is 0 Å². The molecule has 0 saturated heterocycles. The highest BCUT2D eigenvalue weighted by Crippen LogP contribution is 2.14. The lowest BCUT2D eigenvalue weighted by molar-refractivity contribution is -0.0866. The molecule has 0 bridgehead atoms. The second-order valence-electron chi connectivity index (χ2n) is 4.11. The van der Waals surface area contributed by atoms with E-state index < -0.39 is 0 Å². The second kappa shape index (κ2) is 3.94. The number of rotatable bonds is 3. The highest BCUT2D eigenvalue weighted by atomic mass is 16.7. The molecule has 0 aromatic carbocycles. The van der Waals surface area contributed by atoms with Crippen molar-refractivity contribution in [3.8, 4) is 0 Å². The van der Waals surface area contributed by atoms with Crippen LogP contribution in [-0.2, 0) is 4.84 Å². The second-order valence-corrected chi connectivity index (χ2v) is 4.11. The van der Waals surface area contributed by atoms with E-state index in [4.69, 9.17) is 9.25 Å². The summed E-state index contributed by atoms with van der Waals surface area (Å²) in [6.07, 6.45) is 3.37. The van der Waals surface area contributed by atoms with Crippen LogP contribution in [0.15, 0.2) is 23.0 Å². The summed E-state index contributed by atoms with van der Waals surface area (Å²) in [7, 11) is 0. The summed E-state index contributed by atoms with van der Waals surface area (Å²) >= 11 is 0. The van der Waals surface area contributed by atoms with E-state index in [1.165, 1.54) is 0 Å². The van der Waals surface area contributed by atoms with Crippen LogP contribution in [0.3, 0.4) is 0 Å². The van der Waals surface area contributed by atoms with Crippen LogP contribution in [0.2, 0.25) is 0 Å². The van der Waals surface area contributed by atoms with Gasteiger partial charge in [0.2, 0.25) is 0 Å². The van der Waals surface area contributed by atoms with Crippen molar-refractivity contribution in [2.45, 2.75) is 39.3 Å². The lowest BCUT2D eigenvalue weighted by atomic mass is 10.2. The standard InChI is InChI=1S/C10H17NO2/c1-8(9-5-6-12-7-9)11-13-10(2,3)4/h5-8,11H,1-4H3. The van der Waals surface area contributed by atoms with E-state index in [0.29, 0.717) is 0 Å². The topological polar surface area (TPSA) is 34.4 Å². The SMILES string of the molecule is CC(NOC(C)(C)C)c1ccoc1. The summed E-state index contributed by atoms with van der Waals surface area (Å²) in [5, 5.41) is 0. The van der Waals surface area contributed by atoms with Crippen molar-refractivity contribution in [1.29, 1.82) is 0 Å². The molecule has 3 heteroatoms. The first-order chi connectivity index (χ1) is 5.99. The Balaban J connectivity index is 2.39. The van der Waals surface area contributed by atoms with Crippen molar-refractivity contribution in [2.24, 2.45) is 0 Å². The first-order valence-corrected chi connectivity index (χ1v) is 4.45. The molecule has 1 atom stereocenters. The maximum atomic E-state index is 5.42. The number of furan rings is 1. The van der Waals surface area contributed by atoms with Crippen molar-refractivity contribution in [3.63, 3.8) is 0 Å². The molecule has 0 amide bonds. The lowest BCUT2D eigenvalue weighted by Gasteiger charge is -2.22. The predicted octanol–water partition coefficient (Wildman–Crippen LogP) is 2.66. The van der Waals surface area contributed by atoms with Crippen LogP contribution in [-0.4, -0.2) is 5.60 Å². The predicted molar refractivity (Wildman–Crippen MR) is 51.1 cm³/mol. The number of hydrogen-bond donors (Lipinski definition) is 1. The van der Waals surface area contributed by atoms with Gasteiger partial charge in [0.25, 0.3) is 0 Å². The van der Waals surface area contributed by atoms with Gasteiger partial charge in [-0.2, -0.15) is 5.48 Å². The highest BCUT2D eigenvalue weighted by molar-refractivity contribution is 5.09. The molecule has 74 valence electrons. The largest absolute Gasteiger partial charge is 0.472 e. The molecule has 3 nitrogen and oxygen atoms in total. The van der Waals surface area contributed by atoms with Gasteiger partial charge >= 0.3 is 0 Å². The Morgan fingerprint density at radius 1 is 1.46 bits per heavy atom. The summed E-state index contributed by atoms with van der Waals surface area (Å²) in [5.41, 5.74) is 3.88. The van der Waals surface area contributed by atoms with Crippen molar-refractivity contribution >= 4 is 0 Å². The Morgan fingerprint density at radius 2 is 2.15 bits per heavy atom. The Kier molecular flexibility index (Phi) is 3.12. The molecule has 1 rings (SSSR count). The van der Waals surface area contributed by atoms with Crippen molar-refractivity contribution in [3.05, 3.63) is 24.2 Å². The van der Waals surface area contributed by atoms with Gasteiger partial charge < -0.3 is 4.42 Å². The Bertz CT molecular complexity index is 236. The van der Waals surface area contributed by atoms with Crippen molar-refractivity contribution in [2.75, 3.05) is 0 Å². The van der Waals surface area contributed by atoms with Gasteiger partial charge in [-0.05, 0) is 33.8 Å². The highest BCUT2D eigenvalue weighted by Gasteiger charge is 2.13. The minimum atomic E-state index is -0.169.